The van der Waals surface area contributed by atoms with Crippen LogP contribution in [-0.2, 0) is 0 Å². The molecule has 3 rings (SSSR count). The van der Waals surface area contributed by atoms with Crippen LogP contribution in [0.25, 0.3) is 11.4 Å². The molecule has 6 heteroatoms. The van der Waals surface area contributed by atoms with Crippen molar-refractivity contribution in [1.29, 1.82) is 0 Å². The number of halogens is 3. The molecule has 110 valence electrons. The molecule has 3 nitrogen and oxygen atoms in total. The molecule has 0 saturated heterocycles. The van der Waals surface area contributed by atoms with E-state index in [4.69, 9.17) is 22.3 Å². The Morgan fingerprint density at radius 3 is 2.62 bits per heavy atom. The number of nitrogen functional groups attached to an aromatic ring is 1. The van der Waals surface area contributed by atoms with E-state index in [2.05, 4.69) is 43.5 Å². The highest BCUT2D eigenvalue weighted by Gasteiger charge is 2.23. The molecular weight excluding hydrogens is 464 g/mol. The molecule has 0 atom stereocenters. The van der Waals surface area contributed by atoms with Gasteiger partial charge in [0.2, 0.25) is 0 Å². The van der Waals surface area contributed by atoms with Gasteiger partial charge < -0.3 is 5.73 Å². The van der Waals surface area contributed by atoms with Gasteiger partial charge in [-0.2, -0.15) is 0 Å². The molecule has 2 aromatic rings. The smallest absolute Gasteiger partial charge is 0.161 e. The Kier molecular flexibility index (Phi) is 4.71. The number of benzene rings is 1. The lowest BCUT2D eigenvalue weighted by Gasteiger charge is -2.14. The molecule has 1 aromatic carbocycles. The number of hydrogen-bond donors (Lipinski definition) is 1. The van der Waals surface area contributed by atoms with E-state index in [0.29, 0.717) is 22.6 Å². The van der Waals surface area contributed by atoms with Crippen LogP contribution in [0.5, 0.6) is 0 Å². The van der Waals surface area contributed by atoms with Crippen LogP contribution in [0.15, 0.2) is 22.7 Å². The van der Waals surface area contributed by atoms with Crippen LogP contribution in [0.3, 0.4) is 0 Å². The molecule has 0 aliphatic heterocycles. The molecule has 0 radical (unpaired) electrons. The van der Waals surface area contributed by atoms with Crippen LogP contribution in [0.2, 0.25) is 5.02 Å². The third-order valence-electron chi connectivity index (χ3n) is 3.82. The molecule has 2 N–H and O–H groups in total. The SMILES string of the molecule is Nc1nc(-c2ccc(Cl)c(Br)c2)nc(C2CCCC2)c1I. The highest BCUT2D eigenvalue weighted by molar-refractivity contribution is 14.1. The van der Waals surface area contributed by atoms with Crippen LogP contribution in [0, 0.1) is 3.57 Å². The summed E-state index contributed by atoms with van der Waals surface area (Å²) in [7, 11) is 0. The Morgan fingerprint density at radius 2 is 1.95 bits per heavy atom. The number of nitrogens with zero attached hydrogens (tertiary/aromatic N) is 2. The molecule has 0 unspecified atom stereocenters. The van der Waals surface area contributed by atoms with E-state index in [-0.39, 0.29) is 0 Å². The number of anilines is 1. The zero-order valence-corrected chi connectivity index (χ0v) is 15.7. The molecule has 0 amide bonds. The molecule has 1 fully saturated rings. The average molecular weight is 479 g/mol. The van der Waals surface area contributed by atoms with Gasteiger partial charge >= 0.3 is 0 Å². The molecule has 21 heavy (non-hydrogen) atoms. The van der Waals surface area contributed by atoms with Gasteiger partial charge in [0.1, 0.15) is 5.82 Å². The fourth-order valence-corrected chi connectivity index (χ4v) is 3.89. The van der Waals surface area contributed by atoms with Crippen molar-refractivity contribution in [2.45, 2.75) is 31.6 Å². The summed E-state index contributed by atoms with van der Waals surface area (Å²) < 4.78 is 1.83. The lowest BCUT2D eigenvalue weighted by Crippen LogP contribution is -2.07. The van der Waals surface area contributed by atoms with Gasteiger partial charge in [0.25, 0.3) is 0 Å². The summed E-state index contributed by atoms with van der Waals surface area (Å²) in [5.74, 6) is 1.75. The summed E-state index contributed by atoms with van der Waals surface area (Å²) in [6.45, 7) is 0. The minimum atomic E-state index is 0.511. The van der Waals surface area contributed by atoms with E-state index in [9.17, 15) is 0 Å². The predicted molar refractivity (Wildman–Crippen MR) is 98.5 cm³/mol. The molecular formula is C15H14BrClIN3. The first-order chi connectivity index (χ1) is 10.1. The van der Waals surface area contributed by atoms with E-state index in [0.717, 1.165) is 19.3 Å². The quantitative estimate of drug-likeness (QED) is 0.588. The first-order valence-electron chi connectivity index (χ1n) is 6.84. The van der Waals surface area contributed by atoms with Crippen molar-refractivity contribution < 1.29 is 0 Å². The maximum absolute atomic E-state index is 6.10. The van der Waals surface area contributed by atoms with Crippen molar-refractivity contribution in [3.05, 3.63) is 37.0 Å². The van der Waals surface area contributed by atoms with Crippen molar-refractivity contribution in [2.75, 3.05) is 5.73 Å². The Morgan fingerprint density at radius 1 is 1.24 bits per heavy atom. The fourth-order valence-electron chi connectivity index (χ4n) is 2.72. The summed E-state index contributed by atoms with van der Waals surface area (Å²) >= 11 is 11.7. The third-order valence-corrected chi connectivity index (χ3v) is 6.14. The van der Waals surface area contributed by atoms with Crippen molar-refractivity contribution in [2.24, 2.45) is 0 Å². The molecule has 0 spiro atoms. The Bertz CT molecular complexity index is 687. The molecule has 1 saturated carbocycles. The number of nitrogens with two attached hydrogens (primary N) is 1. The third kappa shape index (κ3) is 3.19. The summed E-state index contributed by atoms with van der Waals surface area (Å²) in [5.41, 5.74) is 8.12. The standard InChI is InChI=1S/C15H14BrClIN3/c16-10-7-9(5-6-11(10)17)15-20-13(8-3-1-2-4-8)12(18)14(19)21-15/h5-8H,1-4H2,(H2,19,20,21). The highest BCUT2D eigenvalue weighted by Crippen LogP contribution is 2.37. The minimum Gasteiger partial charge on any atom is -0.383 e. The van der Waals surface area contributed by atoms with Gasteiger partial charge in [0.15, 0.2) is 5.82 Å². The molecule has 1 aliphatic rings. The van der Waals surface area contributed by atoms with Gasteiger partial charge in [-0.1, -0.05) is 24.4 Å². The summed E-state index contributed by atoms with van der Waals surface area (Å²) in [6.07, 6.45) is 4.92. The molecule has 1 aliphatic carbocycles. The monoisotopic (exact) mass is 477 g/mol. The zero-order valence-electron chi connectivity index (χ0n) is 11.2. The normalized spacial score (nSPS) is 15.6. The van der Waals surface area contributed by atoms with Crippen molar-refractivity contribution in [3.63, 3.8) is 0 Å². The van der Waals surface area contributed by atoms with Crippen LogP contribution >= 0.6 is 50.1 Å². The number of hydrogen-bond acceptors (Lipinski definition) is 3. The van der Waals surface area contributed by atoms with Crippen LogP contribution in [-0.4, -0.2) is 9.97 Å². The Hall–Kier alpha value is -0.400. The number of aromatic nitrogens is 2. The zero-order chi connectivity index (χ0) is 15.0. The minimum absolute atomic E-state index is 0.511. The van der Waals surface area contributed by atoms with Crippen molar-refractivity contribution >= 4 is 55.9 Å². The van der Waals surface area contributed by atoms with Gasteiger partial charge in [-0.25, -0.2) is 9.97 Å². The predicted octanol–water partition coefficient (Wildman–Crippen LogP) is 5.40. The maximum atomic E-state index is 6.10. The molecule has 0 bridgehead atoms. The Labute approximate surface area is 151 Å². The van der Waals surface area contributed by atoms with Gasteiger partial charge in [-0.05, 0) is 69.6 Å². The van der Waals surface area contributed by atoms with Gasteiger partial charge in [-0.15, -0.1) is 0 Å². The van der Waals surface area contributed by atoms with Gasteiger partial charge in [-0.3, -0.25) is 0 Å². The van der Waals surface area contributed by atoms with E-state index in [1.807, 2.05) is 18.2 Å². The highest BCUT2D eigenvalue weighted by atomic mass is 127. The van der Waals surface area contributed by atoms with E-state index in [1.165, 1.54) is 25.7 Å². The van der Waals surface area contributed by atoms with Gasteiger partial charge in [0.05, 0.1) is 14.3 Å². The van der Waals surface area contributed by atoms with Crippen LogP contribution < -0.4 is 5.73 Å². The Balaban J connectivity index is 2.08. The van der Waals surface area contributed by atoms with Crippen LogP contribution in [0.1, 0.15) is 37.3 Å². The van der Waals surface area contributed by atoms with E-state index < -0.39 is 0 Å². The van der Waals surface area contributed by atoms with Crippen molar-refractivity contribution in [3.8, 4) is 11.4 Å². The van der Waals surface area contributed by atoms with Gasteiger partial charge in [0, 0.05) is 16.0 Å². The van der Waals surface area contributed by atoms with Crippen molar-refractivity contribution in [1.82, 2.24) is 9.97 Å². The van der Waals surface area contributed by atoms with E-state index >= 15 is 0 Å². The first-order valence-corrected chi connectivity index (χ1v) is 9.09. The second-order valence-corrected chi connectivity index (χ2v) is 7.58. The average Bonchev–Trinajstić information content (AvgIpc) is 2.98. The second kappa shape index (κ2) is 6.38. The van der Waals surface area contributed by atoms with Crippen LogP contribution in [0.4, 0.5) is 5.82 Å². The number of rotatable bonds is 2. The largest absolute Gasteiger partial charge is 0.383 e. The summed E-state index contributed by atoms with van der Waals surface area (Å²) in [4.78, 5) is 9.23. The van der Waals surface area contributed by atoms with E-state index in [1.54, 1.807) is 0 Å². The first kappa shape index (κ1) is 15.5. The maximum Gasteiger partial charge on any atom is 0.161 e. The molecule has 1 heterocycles. The topological polar surface area (TPSA) is 51.8 Å². The molecule has 1 aromatic heterocycles. The summed E-state index contributed by atoms with van der Waals surface area (Å²) in [6, 6.07) is 5.70. The lowest BCUT2D eigenvalue weighted by molar-refractivity contribution is 0.691. The summed E-state index contributed by atoms with van der Waals surface area (Å²) in [5, 5.41) is 0.674. The second-order valence-electron chi connectivity index (χ2n) is 5.24. The lowest BCUT2D eigenvalue weighted by atomic mass is 10.0. The fraction of sp³-hybridized carbons (Fsp3) is 0.333.